The maximum Gasteiger partial charge on any atom is 0.137 e. The van der Waals surface area contributed by atoms with Gasteiger partial charge in [0.1, 0.15) is 6.09 Å². The molecule has 1 aliphatic heterocycles. The van der Waals surface area contributed by atoms with Gasteiger partial charge in [-0.2, -0.15) is 0 Å². The first kappa shape index (κ1) is 8.38. The molecule has 0 aliphatic carbocycles. The zero-order valence-corrected chi connectivity index (χ0v) is 7.54. The molecule has 0 bridgehead atoms. The zero-order chi connectivity index (χ0) is 9.42. The number of nitrogens with zero attached hydrogens (tertiary/aromatic N) is 1. The lowest BCUT2D eigenvalue weighted by Gasteiger charge is -2.17. The number of carboxylic acid groups (broad SMARTS) is 1. The first-order valence-electron chi connectivity index (χ1n) is 3.90. The van der Waals surface area contributed by atoms with Gasteiger partial charge in [-0.05, 0) is 17.2 Å². The molecule has 0 unspecified atom stereocenters. The first-order valence-corrected chi connectivity index (χ1v) is 4.28. The van der Waals surface area contributed by atoms with E-state index in [0.29, 0.717) is 18.1 Å². The van der Waals surface area contributed by atoms with Gasteiger partial charge in [-0.1, -0.05) is 23.7 Å². The average molecular weight is 197 g/mol. The van der Waals surface area contributed by atoms with E-state index in [1.54, 1.807) is 6.07 Å². The van der Waals surface area contributed by atoms with Crippen LogP contribution in [0.3, 0.4) is 0 Å². The molecule has 0 saturated carbocycles. The van der Waals surface area contributed by atoms with E-state index in [4.69, 9.17) is 11.6 Å². The molecule has 4 heteroatoms. The molecular formula is C9H7ClNO2-. The highest BCUT2D eigenvalue weighted by Crippen LogP contribution is 2.28. The minimum Gasteiger partial charge on any atom is -0.530 e. The van der Waals surface area contributed by atoms with Gasteiger partial charge in [0.25, 0.3) is 0 Å². The van der Waals surface area contributed by atoms with Crippen LogP contribution in [0, 0.1) is 0 Å². The predicted molar refractivity (Wildman–Crippen MR) is 46.1 cm³/mol. The lowest BCUT2D eigenvalue weighted by molar-refractivity contribution is -0.266. The Morgan fingerprint density at radius 2 is 2.23 bits per heavy atom. The smallest absolute Gasteiger partial charge is 0.137 e. The summed E-state index contributed by atoms with van der Waals surface area (Å²) in [6.07, 6.45) is -1.15. The van der Waals surface area contributed by atoms with Crippen molar-refractivity contribution in [3.05, 3.63) is 34.3 Å². The van der Waals surface area contributed by atoms with Gasteiger partial charge in [0.2, 0.25) is 0 Å². The predicted octanol–water partition coefficient (Wildman–Crippen LogP) is 0.999. The molecule has 0 radical (unpaired) electrons. The number of rotatable bonds is 0. The summed E-state index contributed by atoms with van der Waals surface area (Å²) in [6.45, 7) is 0.732. The molecule has 2 rings (SSSR count). The second kappa shape index (κ2) is 2.92. The summed E-state index contributed by atoms with van der Waals surface area (Å²) in [7, 11) is 0. The molecule has 0 atom stereocenters. The van der Waals surface area contributed by atoms with E-state index in [0.717, 1.165) is 11.1 Å². The second-order valence-corrected chi connectivity index (χ2v) is 3.41. The summed E-state index contributed by atoms with van der Waals surface area (Å²) in [5, 5.41) is 11.2. The average Bonchev–Trinajstić information content (AvgIpc) is 2.49. The van der Waals surface area contributed by atoms with E-state index < -0.39 is 6.09 Å². The van der Waals surface area contributed by atoms with Crippen LogP contribution in [-0.4, -0.2) is 11.0 Å². The van der Waals surface area contributed by atoms with Crippen LogP contribution in [0.4, 0.5) is 4.79 Å². The van der Waals surface area contributed by atoms with Crippen LogP contribution in [0.15, 0.2) is 18.2 Å². The summed E-state index contributed by atoms with van der Waals surface area (Å²) in [4.78, 5) is 11.8. The van der Waals surface area contributed by atoms with Crippen LogP contribution < -0.4 is 5.11 Å². The van der Waals surface area contributed by atoms with Crippen molar-refractivity contribution in [3.8, 4) is 0 Å². The van der Waals surface area contributed by atoms with E-state index in [-0.39, 0.29) is 0 Å². The second-order valence-electron chi connectivity index (χ2n) is 3.00. The molecule has 0 N–H and O–H groups in total. The highest BCUT2D eigenvalue weighted by Gasteiger charge is 2.20. The molecule has 1 aromatic carbocycles. The summed E-state index contributed by atoms with van der Waals surface area (Å²) in [5.41, 5.74) is 1.87. The van der Waals surface area contributed by atoms with Crippen LogP contribution in [0.2, 0.25) is 5.02 Å². The fourth-order valence-electron chi connectivity index (χ4n) is 1.51. The highest BCUT2D eigenvalue weighted by atomic mass is 35.5. The molecule has 0 fully saturated rings. The summed E-state index contributed by atoms with van der Waals surface area (Å²) in [6, 6.07) is 5.46. The number of hydrogen-bond acceptors (Lipinski definition) is 2. The molecule has 68 valence electrons. The Kier molecular flexibility index (Phi) is 1.88. The fourth-order valence-corrected chi connectivity index (χ4v) is 1.76. The molecular weight excluding hydrogens is 190 g/mol. The van der Waals surface area contributed by atoms with Crippen molar-refractivity contribution >= 4 is 17.7 Å². The van der Waals surface area contributed by atoms with Crippen LogP contribution in [0.5, 0.6) is 0 Å². The fraction of sp³-hybridized carbons (Fsp3) is 0.222. The number of carbonyl (C=O) groups is 1. The van der Waals surface area contributed by atoms with E-state index in [1.165, 1.54) is 4.90 Å². The Bertz CT molecular complexity index is 365. The number of halogens is 1. The number of fused-ring (bicyclic) bond motifs is 1. The van der Waals surface area contributed by atoms with E-state index in [1.807, 2.05) is 12.1 Å². The van der Waals surface area contributed by atoms with Crippen molar-refractivity contribution in [1.29, 1.82) is 0 Å². The standard InChI is InChI=1S/C9H8ClNO2/c10-8-3-1-2-6-4-11(9(12)13)5-7(6)8/h1-3H,4-5H2,(H,12,13)/p-1. The number of hydrogen-bond donors (Lipinski definition) is 0. The van der Waals surface area contributed by atoms with Gasteiger partial charge in [0, 0.05) is 18.1 Å². The molecule has 1 heterocycles. The zero-order valence-electron chi connectivity index (χ0n) is 6.79. The minimum absolute atomic E-state index is 0.345. The van der Waals surface area contributed by atoms with Gasteiger partial charge in [-0.3, -0.25) is 0 Å². The third kappa shape index (κ3) is 1.35. The normalized spacial score (nSPS) is 14.4. The topological polar surface area (TPSA) is 43.4 Å². The summed E-state index contributed by atoms with van der Waals surface area (Å²) in [5.74, 6) is 0. The van der Waals surface area contributed by atoms with E-state index in [2.05, 4.69) is 0 Å². The Morgan fingerprint density at radius 3 is 2.85 bits per heavy atom. The van der Waals surface area contributed by atoms with Gasteiger partial charge in [0.05, 0.1) is 0 Å². The molecule has 1 aliphatic rings. The number of carbonyl (C=O) groups excluding carboxylic acids is 1. The summed E-state index contributed by atoms with van der Waals surface area (Å²) >= 11 is 5.90. The molecule has 1 aromatic rings. The van der Waals surface area contributed by atoms with Crippen LogP contribution >= 0.6 is 11.6 Å². The van der Waals surface area contributed by atoms with Gasteiger partial charge in [0.15, 0.2) is 0 Å². The molecule has 3 nitrogen and oxygen atoms in total. The van der Waals surface area contributed by atoms with Gasteiger partial charge >= 0.3 is 0 Å². The number of amides is 1. The third-order valence-electron chi connectivity index (χ3n) is 2.18. The molecule has 0 spiro atoms. The van der Waals surface area contributed by atoms with Crippen molar-refractivity contribution in [1.82, 2.24) is 4.90 Å². The van der Waals surface area contributed by atoms with Crippen LogP contribution in [0.25, 0.3) is 0 Å². The highest BCUT2D eigenvalue weighted by molar-refractivity contribution is 6.31. The van der Waals surface area contributed by atoms with Gasteiger partial charge in [-0.25, -0.2) is 0 Å². The molecule has 0 aromatic heterocycles. The van der Waals surface area contributed by atoms with Crippen LogP contribution in [-0.2, 0) is 13.1 Å². The molecule has 0 saturated heterocycles. The minimum atomic E-state index is -1.15. The summed E-state index contributed by atoms with van der Waals surface area (Å²) < 4.78 is 0. The Hall–Kier alpha value is -1.22. The maximum atomic E-state index is 10.6. The Labute approximate surface area is 80.5 Å². The molecule has 13 heavy (non-hydrogen) atoms. The third-order valence-corrected chi connectivity index (χ3v) is 2.54. The Morgan fingerprint density at radius 1 is 1.46 bits per heavy atom. The molecule has 1 amide bonds. The van der Waals surface area contributed by atoms with Gasteiger partial charge in [-0.15, -0.1) is 0 Å². The monoisotopic (exact) mass is 196 g/mol. The maximum absolute atomic E-state index is 10.6. The first-order chi connectivity index (χ1) is 6.18. The largest absolute Gasteiger partial charge is 0.530 e. The van der Waals surface area contributed by atoms with Crippen molar-refractivity contribution in [2.75, 3.05) is 0 Å². The van der Waals surface area contributed by atoms with Crippen molar-refractivity contribution in [2.45, 2.75) is 13.1 Å². The van der Waals surface area contributed by atoms with Crippen LogP contribution in [0.1, 0.15) is 11.1 Å². The van der Waals surface area contributed by atoms with Crippen molar-refractivity contribution in [3.63, 3.8) is 0 Å². The van der Waals surface area contributed by atoms with E-state index in [9.17, 15) is 9.90 Å². The van der Waals surface area contributed by atoms with Crippen molar-refractivity contribution < 1.29 is 9.90 Å². The van der Waals surface area contributed by atoms with E-state index >= 15 is 0 Å². The lowest BCUT2D eigenvalue weighted by atomic mass is 10.1. The SMILES string of the molecule is O=C([O-])N1Cc2cccc(Cl)c2C1. The Balaban J connectivity index is 2.35. The quantitative estimate of drug-likeness (QED) is 0.621. The number of benzene rings is 1. The van der Waals surface area contributed by atoms with Gasteiger partial charge < -0.3 is 14.8 Å². The van der Waals surface area contributed by atoms with Crippen molar-refractivity contribution in [2.24, 2.45) is 0 Å². The lowest BCUT2D eigenvalue weighted by Crippen LogP contribution is -2.37.